The second kappa shape index (κ2) is 6.69. The highest BCUT2D eigenvalue weighted by Gasteiger charge is 2.30. The largest absolute Gasteiger partial charge is 0.310 e. The fourth-order valence-corrected chi connectivity index (χ4v) is 5.27. The third-order valence-corrected chi connectivity index (χ3v) is 6.74. The number of carbonyl (C=O) groups excluding carboxylic acids is 1. The lowest BCUT2D eigenvalue weighted by atomic mass is 10.1. The van der Waals surface area contributed by atoms with E-state index in [1.165, 1.54) is 10.4 Å². The number of aromatic nitrogens is 2. The Kier molecular flexibility index (Phi) is 4.39. The van der Waals surface area contributed by atoms with E-state index in [2.05, 4.69) is 54.0 Å². The molecule has 1 aromatic carbocycles. The zero-order chi connectivity index (χ0) is 17.4. The van der Waals surface area contributed by atoms with Crippen molar-refractivity contribution in [3.05, 3.63) is 63.5 Å². The van der Waals surface area contributed by atoms with Gasteiger partial charge in [0, 0.05) is 10.4 Å². The van der Waals surface area contributed by atoms with Crippen molar-refractivity contribution in [2.24, 2.45) is 0 Å². The van der Waals surface area contributed by atoms with Crippen LogP contribution in [0.1, 0.15) is 33.9 Å². The maximum atomic E-state index is 12.3. The Bertz CT molecular complexity index is 898. The van der Waals surface area contributed by atoms with Crippen LogP contribution in [-0.2, 0) is 11.2 Å². The van der Waals surface area contributed by atoms with Crippen molar-refractivity contribution in [2.75, 3.05) is 11.1 Å². The molecule has 4 rings (SSSR count). The van der Waals surface area contributed by atoms with Crippen LogP contribution in [0.5, 0.6) is 0 Å². The molecular formula is C19H19N3OS2. The highest BCUT2D eigenvalue weighted by Crippen LogP contribution is 2.45. The number of hydrogen-bond donors (Lipinski definition) is 1. The first kappa shape index (κ1) is 16.4. The molecule has 0 radical (unpaired) electrons. The van der Waals surface area contributed by atoms with Gasteiger partial charge in [-0.25, -0.2) is 4.68 Å². The van der Waals surface area contributed by atoms with Gasteiger partial charge in [-0.15, -0.1) is 23.1 Å². The second-order valence-electron chi connectivity index (χ2n) is 6.03. The van der Waals surface area contributed by atoms with Gasteiger partial charge in [0.25, 0.3) is 0 Å². The number of benzene rings is 1. The number of amides is 1. The van der Waals surface area contributed by atoms with Gasteiger partial charge < -0.3 is 5.32 Å². The molecule has 1 atom stereocenters. The van der Waals surface area contributed by atoms with Crippen LogP contribution in [0.25, 0.3) is 5.69 Å². The van der Waals surface area contributed by atoms with Crippen molar-refractivity contribution in [1.82, 2.24) is 9.78 Å². The first-order valence-electron chi connectivity index (χ1n) is 8.31. The molecule has 0 unspecified atom stereocenters. The van der Waals surface area contributed by atoms with Crippen LogP contribution in [0, 0.1) is 6.92 Å². The van der Waals surface area contributed by atoms with E-state index >= 15 is 0 Å². The lowest BCUT2D eigenvalue weighted by molar-refractivity contribution is -0.113. The van der Waals surface area contributed by atoms with Gasteiger partial charge in [-0.3, -0.25) is 4.79 Å². The number of anilines is 1. The van der Waals surface area contributed by atoms with Crippen LogP contribution in [-0.4, -0.2) is 21.4 Å². The number of thioether (sulfide) groups is 1. The third-order valence-electron chi connectivity index (χ3n) is 4.40. The van der Waals surface area contributed by atoms with Crippen LogP contribution < -0.4 is 5.32 Å². The average Bonchev–Trinajstić information content (AvgIpc) is 3.22. The summed E-state index contributed by atoms with van der Waals surface area (Å²) in [5, 5.41) is 10.0. The number of hydrogen-bond acceptors (Lipinski definition) is 4. The summed E-state index contributed by atoms with van der Waals surface area (Å²) in [6, 6.07) is 12.6. The number of fused-ring (bicyclic) bond motifs is 1. The first-order chi connectivity index (χ1) is 12.2. The van der Waals surface area contributed by atoms with Gasteiger partial charge in [0.2, 0.25) is 5.91 Å². The molecule has 0 bridgehead atoms. The number of thiophene rings is 1. The third kappa shape index (κ3) is 3.00. The van der Waals surface area contributed by atoms with E-state index in [1.54, 1.807) is 23.1 Å². The minimum atomic E-state index is 0.0247. The number of rotatable bonds is 3. The molecule has 0 fully saturated rings. The Hall–Kier alpha value is -2.05. The lowest BCUT2D eigenvalue weighted by Crippen LogP contribution is -2.15. The molecule has 0 saturated carbocycles. The highest BCUT2D eigenvalue weighted by molar-refractivity contribution is 8.00. The van der Waals surface area contributed by atoms with E-state index in [1.807, 2.05) is 11.6 Å². The summed E-state index contributed by atoms with van der Waals surface area (Å²) < 4.78 is 1.87. The molecule has 6 heteroatoms. The minimum Gasteiger partial charge on any atom is -0.310 e. The fraction of sp³-hybridized carbons (Fsp3) is 0.263. The van der Waals surface area contributed by atoms with Gasteiger partial charge in [0.05, 0.1) is 22.4 Å². The number of carbonyl (C=O) groups is 1. The van der Waals surface area contributed by atoms with Gasteiger partial charge in [0.15, 0.2) is 0 Å². The van der Waals surface area contributed by atoms with E-state index in [0.29, 0.717) is 5.75 Å². The van der Waals surface area contributed by atoms with Crippen LogP contribution in [0.15, 0.2) is 41.8 Å². The summed E-state index contributed by atoms with van der Waals surface area (Å²) >= 11 is 3.39. The Morgan fingerprint density at radius 3 is 2.76 bits per heavy atom. The molecule has 0 aliphatic carbocycles. The van der Waals surface area contributed by atoms with Crippen molar-refractivity contribution < 1.29 is 4.79 Å². The molecule has 0 spiro atoms. The minimum absolute atomic E-state index is 0.0247. The predicted molar refractivity (Wildman–Crippen MR) is 105 cm³/mol. The lowest BCUT2D eigenvalue weighted by Gasteiger charge is -2.13. The topological polar surface area (TPSA) is 46.9 Å². The molecule has 25 heavy (non-hydrogen) atoms. The molecular weight excluding hydrogens is 350 g/mol. The van der Waals surface area contributed by atoms with Gasteiger partial charge >= 0.3 is 0 Å². The van der Waals surface area contributed by atoms with Gasteiger partial charge in [-0.2, -0.15) is 5.10 Å². The summed E-state index contributed by atoms with van der Waals surface area (Å²) in [6.07, 6.45) is 1.00. The molecule has 1 aliphatic rings. The summed E-state index contributed by atoms with van der Waals surface area (Å²) in [5.74, 6) is 1.28. The molecule has 1 N–H and O–H groups in total. The van der Waals surface area contributed by atoms with E-state index in [-0.39, 0.29) is 11.2 Å². The standard InChI is InChI=1S/C19H19N3OS2/c1-3-13-6-8-14(9-7-13)22-19-17(12(2)21-22)18(15-5-4-10-24-15)25-11-16(23)20-19/h4-10,18H,3,11H2,1-2H3,(H,20,23)/t18-/m1/s1. The Labute approximate surface area is 155 Å². The highest BCUT2D eigenvalue weighted by atomic mass is 32.2. The molecule has 1 amide bonds. The van der Waals surface area contributed by atoms with Crippen molar-refractivity contribution in [3.63, 3.8) is 0 Å². The zero-order valence-corrected chi connectivity index (χ0v) is 15.8. The normalized spacial score (nSPS) is 17.0. The van der Waals surface area contributed by atoms with Gasteiger partial charge in [-0.1, -0.05) is 25.1 Å². The summed E-state index contributed by atoms with van der Waals surface area (Å²) in [7, 11) is 0. The van der Waals surface area contributed by atoms with E-state index in [4.69, 9.17) is 5.10 Å². The summed E-state index contributed by atoms with van der Waals surface area (Å²) in [6.45, 7) is 4.16. The predicted octanol–water partition coefficient (Wildman–Crippen LogP) is 4.58. The molecule has 3 aromatic rings. The van der Waals surface area contributed by atoms with E-state index < -0.39 is 0 Å². The van der Waals surface area contributed by atoms with E-state index in [0.717, 1.165) is 29.2 Å². The van der Waals surface area contributed by atoms with E-state index in [9.17, 15) is 4.79 Å². The quantitative estimate of drug-likeness (QED) is 0.735. The zero-order valence-electron chi connectivity index (χ0n) is 14.2. The van der Waals surface area contributed by atoms with Gasteiger partial charge in [0.1, 0.15) is 5.82 Å². The van der Waals surface area contributed by atoms with Crippen LogP contribution in [0.2, 0.25) is 0 Å². The monoisotopic (exact) mass is 369 g/mol. The number of nitrogens with zero attached hydrogens (tertiary/aromatic N) is 2. The maximum absolute atomic E-state index is 12.3. The Morgan fingerprint density at radius 1 is 1.28 bits per heavy atom. The van der Waals surface area contributed by atoms with Crippen molar-refractivity contribution in [1.29, 1.82) is 0 Å². The van der Waals surface area contributed by atoms with Crippen molar-refractivity contribution in [2.45, 2.75) is 25.5 Å². The molecule has 3 heterocycles. The Balaban J connectivity index is 1.85. The van der Waals surface area contributed by atoms with Gasteiger partial charge in [-0.05, 0) is 42.5 Å². The van der Waals surface area contributed by atoms with Crippen molar-refractivity contribution in [3.8, 4) is 5.69 Å². The average molecular weight is 370 g/mol. The number of nitrogens with one attached hydrogen (secondary N) is 1. The maximum Gasteiger partial charge on any atom is 0.235 e. The van der Waals surface area contributed by atoms with Crippen LogP contribution >= 0.6 is 23.1 Å². The smallest absolute Gasteiger partial charge is 0.235 e. The molecule has 1 aliphatic heterocycles. The van der Waals surface area contributed by atoms with Crippen LogP contribution in [0.3, 0.4) is 0 Å². The number of aryl methyl sites for hydroxylation is 2. The Morgan fingerprint density at radius 2 is 2.08 bits per heavy atom. The van der Waals surface area contributed by atoms with Crippen LogP contribution in [0.4, 0.5) is 5.82 Å². The molecule has 2 aromatic heterocycles. The molecule has 4 nitrogen and oxygen atoms in total. The van der Waals surface area contributed by atoms with Crippen molar-refractivity contribution >= 4 is 34.8 Å². The second-order valence-corrected chi connectivity index (χ2v) is 8.11. The molecule has 128 valence electrons. The molecule has 0 saturated heterocycles. The SMILES string of the molecule is CCc1ccc(-n2nc(C)c3c2NC(=O)CS[C@@H]3c2cccs2)cc1. The summed E-state index contributed by atoms with van der Waals surface area (Å²) in [5.41, 5.74) is 4.33. The first-order valence-corrected chi connectivity index (χ1v) is 10.2. The summed E-state index contributed by atoms with van der Waals surface area (Å²) in [4.78, 5) is 13.5. The fourth-order valence-electron chi connectivity index (χ4n) is 3.11.